The fraction of sp³-hybridized carbons (Fsp3) is 0.400. The van der Waals surface area contributed by atoms with Crippen LogP contribution in [-0.4, -0.2) is 42.8 Å². The first-order chi connectivity index (χ1) is 13.6. The van der Waals surface area contributed by atoms with Gasteiger partial charge in [0.1, 0.15) is 6.10 Å². The zero-order chi connectivity index (χ0) is 21.5. The van der Waals surface area contributed by atoms with E-state index in [1.54, 1.807) is 31.2 Å². The molecule has 0 aromatic heterocycles. The van der Waals surface area contributed by atoms with Gasteiger partial charge in [0.25, 0.3) is 20.2 Å². The van der Waals surface area contributed by atoms with E-state index in [0.717, 1.165) is 11.1 Å². The van der Waals surface area contributed by atoms with E-state index in [0.29, 0.717) is 6.61 Å². The Balaban J connectivity index is 2.02. The van der Waals surface area contributed by atoms with Gasteiger partial charge in [0.15, 0.2) is 0 Å². The van der Waals surface area contributed by atoms with Crippen LogP contribution in [0.3, 0.4) is 0 Å². The second-order valence-electron chi connectivity index (χ2n) is 6.52. The van der Waals surface area contributed by atoms with Crippen molar-refractivity contribution >= 4 is 20.2 Å². The highest BCUT2D eigenvalue weighted by Crippen LogP contribution is 2.18. The molecule has 0 aliphatic carbocycles. The van der Waals surface area contributed by atoms with Crippen LogP contribution in [0.1, 0.15) is 24.5 Å². The second-order valence-corrected chi connectivity index (χ2v) is 9.71. The number of benzene rings is 2. The highest BCUT2D eigenvalue weighted by Gasteiger charge is 2.23. The summed E-state index contributed by atoms with van der Waals surface area (Å²) >= 11 is 0. The first-order valence-electron chi connectivity index (χ1n) is 9.18. The van der Waals surface area contributed by atoms with Crippen LogP contribution < -0.4 is 0 Å². The van der Waals surface area contributed by atoms with E-state index in [1.807, 2.05) is 13.8 Å². The average Bonchev–Trinajstić information content (AvgIpc) is 2.66. The fourth-order valence-electron chi connectivity index (χ4n) is 2.41. The summed E-state index contributed by atoms with van der Waals surface area (Å²) < 4.78 is 65.1. The van der Waals surface area contributed by atoms with Gasteiger partial charge in [-0.25, -0.2) is 0 Å². The van der Waals surface area contributed by atoms with Crippen molar-refractivity contribution < 1.29 is 29.9 Å². The van der Waals surface area contributed by atoms with Crippen LogP contribution in [0, 0.1) is 13.8 Å². The number of hydrogen-bond acceptors (Lipinski definition) is 7. The Hall–Kier alpha value is -1.78. The molecule has 1 atom stereocenters. The van der Waals surface area contributed by atoms with Gasteiger partial charge in [-0.05, 0) is 45.0 Å². The molecule has 0 bridgehead atoms. The molecule has 0 heterocycles. The SMILES string of the molecule is CCOCC(CCOS(=O)(=O)c1ccc(C)cc1)OS(=O)(=O)c1ccc(C)cc1. The summed E-state index contributed by atoms with van der Waals surface area (Å²) in [6.45, 7) is 5.59. The van der Waals surface area contributed by atoms with Gasteiger partial charge in [0, 0.05) is 13.0 Å². The summed E-state index contributed by atoms with van der Waals surface area (Å²) in [6.07, 6.45) is -0.856. The predicted octanol–water partition coefficient (Wildman–Crippen LogP) is 3.21. The fourth-order valence-corrected chi connectivity index (χ4v) is 4.42. The lowest BCUT2D eigenvalue weighted by molar-refractivity contribution is 0.0489. The summed E-state index contributed by atoms with van der Waals surface area (Å²) in [7, 11) is -7.95. The molecule has 0 aliphatic rings. The van der Waals surface area contributed by atoms with Crippen LogP contribution in [0.5, 0.6) is 0 Å². The lowest BCUT2D eigenvalue weighted by Crippen LogP contribution is -2.26. The van der Waals surface area contributed by atoms with Crippen molar-refractivity contribution in [2.45, 2.75) is 43.1 Å². The summed E-state index contributed by atoms with van der Waals surface area (Å²) in [4.78, 5) is 0.0652. The molecular weight excluding hydrogens is 416 g/mol. The molecule has 7 nitrogen and oxygen atoms in total. The Morgan fingerprint density at radius 1 is 0.793 bits per heavy atom. The molecule has 29 heavy (non-hydrogen) atoms. The van der Waals surface area contributed by atoms with Crippen LogP contribution in [-0.2, 0) is 33.3 Å². The predicted molar refractivity (Wildman–Crippen MR) is 109 cm³/mol. The Morgan fingerprint density at radius 3 is 1.76 bits per heavy atom. The number of ether oxygens (including phenoxy) is 1. The molecule has 0 spiro atoms. The molecule has 0 saturated heterocycles. The van der Waals surface area contributed by atoms with Crippen molar-refractivity contribution in [2.24, 2.45) is 0 Å². The van der Waals surface area contributed by atoms with E-state index in [4.69, 9.17) is 13.1 Å². The minimum atomic E-state index is -4.01. The third-order valence-corrected chi connectivity index (χ3v) is 6.77. The lowest BCUT2D eigenvalue weighted by Gasteiger charge is -2.17. The normalized spacial score (nSPS) is 13.3. The first kappa shape index (κ1) is 23.5. The average molecular weight is 443 g/mol. The molecular formula is C20H26O7S2. The van der Waals surface area contributed by atoms with Crippen molar-refractivity contribution in [2.75, 3.05) is 19.8 Å². The molecule has 2 aromatic carbocycles. The van der Waals surface area contributed by atoms with Gasteiger partial charge in [-0.15, -0.1) is 0 Å². The van der Waals surface area contributed by atoms with E-state index in [1.165, 1.54) is 24.3 Å². The van der Waals surface area contributed by atoms with Crippen molar-refractivity contribution in [3.8, 4) is 0 Å². The molecule has 0 radical (unpaired) electrons. The van der Waals surface area contributed by atoms with Gasteiger partial charge in [0.05, 0.1) is 23.0 Å². The quantitative estimate of drug-likeness (QED) is 0.493. The highest BCUT2D eigenvalue weighted by atomic mass is 32.2. The third-order valence-electron chi connectivity index (χ3n) is 4.07. The zero-order valence-electron chi connectivity index (χ0n) is 16.7. The number of rotatable bonds is 11. The molecule has 2 rings (SSSR count). The summed E-state index contributed by atoms with van der Waals surface area (Å²) in [6, 6.07) is 12.5. The van der Waals surface area contributed by atoms with Crippen LogP contribution in [0.25, 0.3) is 0 Å². The van der Waals surface area contributed by atoms with Crippen LogP contribution >= 0.6 is 0 Å². The Morgan fingerprint density at radius 2 is 1.28 bits per heavy atom. The van der Waals surface area contributed by atoms with Crippen molar-refractivity contribution in [3.63, 3.8) is 0 Å². The van der Waals surface area contributed by atoms with E-state index in [-0.39, 0.29) is 29.4 Å². The van der Waals surface area contributed by atoms with E-state index < -0.39 is 26.3 Å². The topological polar surface area (TPSA) is 96.0 Å². The summed E-state index contributed by atoms with van der Waals surface area (Å²) in [5.41, 5.74) is 1.85. The molecule has 0 aliphatic heterocycles. The third kappa shape index (κ3) is 7.20. The minimum Gasteiger partial charge on any atom is -0.379 e. The molecule has 0 fully saturated rings. The lowest BCUT2D eigenvalue weighted by atomic mass is 10.2. The first-order valence-corrected chi connectivity index (χ1v) is 12.0. The second kappa shape index (κ2) is 10.3. The molecule has 2 aromatic rings. The molecule has 0 N–H and O–H groups in total. The highest BCUT2D eigenvalue weighted by molar-refractivity contribution is 7.87. The zero-order valence-corrected chi connectivity index (χ0v) is 18.3. The van der Waals surface area contributed by atoms with Crippen molar-refractivity contribution in [1.82, 2.24) is 0 Å². The van der Waals surface area contributed by atoms with Crippen molar-refractivity contribution in [1.29, 1.82) is 0 Å². The van der Waals surface area contributed by atoms with Crippen LogP contribution in [0.15, 0.2) is 58.3 Å². The van der Waals surface area contributed by atoms with Gasteiger partial charge in [-0.3, -0.25) is 8.37 Å². The van der Waals surface area contributed by atoms with E-state index >= 15 is 0 Å². The van der Waals surface area contributed by atoms with Crippen LogP contribution in [0.2, 0.25) is 0 Å². The molecule has 0 saturated carbocycles. The van der Waals surface area contributed by atoms with Gasteiger partial charge in [-0.2, -0.15) is 16.8 Å². The minimum absolute atomic E-state index is 0.00443. The molecule has 9 heteroatoms. The Labute approximate surface area is 172 Å². The smallest absolute Gasteiger partial charge is 0.297 e. The maximum atomic E-state index is 12.5. The van der Waals surface area contributed by atoms with E-state index in [2.05, 4.69) is 0 Å². The van der Waals surface area contributed by atoms with Gasteiger partial charge < -0.3 is 4.74 Å². The monoisotopic (exact) mass is 442 g/mol. The standard InChI is InChI=1S/C20H26O7S2/c1-4-25-15-18(27-29(23,24)20-11-7-17(3)8-12-20)13-14-26-28(21,22)19-9-5-16(2)6-10-19/h5-12,18H,4,13-15H2,1-3H3. The molecule has 160 valence electrons. The summed E-state index contributed by atoms with van der Waals surface area (Å²) in [5.74, 6) is 0. The van der Waals surface area contributed by atoms with Gasteiger partial charge >= 0.3 is 0 Å². The Kier molecular flexibility index (Phi) is 8.35. The Bertz CT molecular complexity index is 980. The van der Waals surface area contributed by atoms with Crippen molar-refractivity contribution in [3.05, 3.63) is 59.7 Å². The van der Waals surface area contributed by atoms with Gasteiger partial charge in [0.2, 0.25) is 0 Å². The van der Waals surface area contributed by atoms with Gasteiger partial charge in [-0.1, -0.05) is 35.4 Å². The molecule has 0 amide bonds. The molecule has 1 unspecified atom stereocenters. The largest absolute Gasteiger partial charge is 0.379 e. The van der Waals surface area contributed by atoms with Crippen LogP contribution in [0.4, 0.5) is 0 Å². The maximum Gasteiger partial charge on any atom is 0.297 e. The number of aryl methyl sites for hydroxylation is 2. The number of hydrogen-bond donors (Lipinski definition) is 0. The maximum absolute atomic E-state index is 12.5. The summed E-state index contributed by atoms with van der Waals surface area (Å²) in [5, 5.41) is 0. The van der Waals surface area contributed by atoms with E-state index in [9.17, 15) is 16.8 Å².